The number of nitrogens with zero attached hydrogens (tertiary/aromatic N) is 4. The highest BCUT2D eigenvalue weighted by molar-refractivity contribution is 5.92. The molecule has 8 nitrogen and oxygen atoms in total. The number of ether oxygens (including phenoxy) is 1. The van der Waals surface area contributed by atoms with E-state index >= 15 is 0 Å². The van der Waals surface area contributed by atoms with Crippen LogP contribution in [-0.2, 0) is 11.8 Å². The Labute approximate surface area is 126 Å². The summed E-state index contributed by atoms with van der Waals surface area (Å²) in [6, 6.07) is 1.42. The predicted octanol–water partition coefficient (Wildman–Crippen LogP) is 0.0255. The fourth-order valence-corrected chi connectivity index (χ4v) is 2.44. The minimum Gasteiger partial charge on any atom is -0.367 e. The zero-order chi connectivity index (χ0) is 15.7. The number of hydrogen-bond donors (Lipinski definition) is 1. The molecule has 0 aromatic carbocycles. The SMILES string of the molecule is Cc1cc(=O)[nH]c([C@H]2CN(C(=O)c3cn(C)cn3)CCO2)n1. The molecular weight excluding hydrogens is 286 g/mol. The van der Waals surface area contributed by atoms with Crippen LogP contribution in [0.15, 0.2) is 23.4 Å². The van der Waals surface area contributed by atoms with Crippen molar-refractivity contribution in [3.8, 4) is 0 Å². The smallest absolute Gasteiger partial charge is 0.274 e. The number of hydrogen-bond acceptors (Lipinski definition) is 5. The molecule has 1 atom stereocenters. The monoisotopic (exact) mass is 303 g/mol. The highest BCUT2D eigenvalue weighted by Crippen LogP contribution is 2.19. The van der Waals surface area contributed by atoms with Crippen LogP contribution in [0, 0.1) is 6.92 Å². The van der Waals surface area contributed by atoms with Gasteiger partial charge in [0.15, 0.2) is 0 Å². The Balaban J connectivity index is 1.79. The van der Waals surface area contributed by atoms with E-state index in [0.29, 0.717) is 36.9 Å². The first-order chi connectivity index (χ1) is 10.5. The molecule has 0 spiro atoms. The Morgan fingerprint density at radius 1 is 1.50 bits per heavy atom. The third kappa shape index (κ3) is 2.91. The number of amides is 1. The molecule has 0 unspecified atom stereocenters. The lowest BCUT2D eigenvalue weighted by atomic mass is 10.2. The molecule has 3 heterocycles. The fourth-order valence-electron chi connectivity index (χ4n) is 2.44. The highest BCUT2D eigenvalue weighted by atomic mass is 16.5. The molecule has 3 rings (SSSR count). The van der Waals surface area contributed by atoms with Gasteiger partial charge in [-0.1, -0.05) is 0 Å². The van der Waals surface area contributed by atoms with Crippen molar-refractivity contribution >= 4 is 5.91 Å². The molecule has 0 radical (unpaired) electrons. The average molecular weight is 303 g/mol. The standard InChI is InChI=1S/C14H17N5O3/c1-9-5-12(20)17-13(16-9)11-7-19(3-4-22-11)14(21)10-6-18(2)8-15-10/h5-6,8,11H,3-4,7H2,1-2H3,(H,16,17,20)/t11-/m1/s1. The van der Waals surface area contributed by atoms with E-state index < -0.39 is 6.10 Å². The van der Waals surface area contributed by atoms with Gasteiger partial charge in [-0.2, -0.15) is 0 Å². The maximum absolute atomic E-state index is 12.4. The minimum atomic E-state index is -0.436. The lowest BCUT2D eigenvalue weighted by Crippen LogP contribution is -2.43. The van der Waals surface area contributed by atoms with Gasteiger partial charge in [-0.25, -0.2) is 9.97 Å². The number of aromatic nitrogens is 4. The van der Waals surface area contributed by atoms with Gasteiger partial charge in [-0.3, -0.25) is 9.59 Å². The Morgan fingerprint density at radius 3 is 3.00 bits per heavy atom. The zero-order valence-electron chi connectivity index (χ0n) is 12.4. The van der Waals surface area contributed by atoms with Crippen LogP contribution in [0.5, 0.6) is 0 Å². The molecule has 0 bridgehead atoms. The van der Waals surface area contributed by atoms with Crippen LogP contribution in [0.1, 0.15) is 28.1 Å². The first-order valence-corrected chi connectivity index (χ1v) is 6.99. The third-order valence-electron chi connectivity index (χ3n) is 3.47. The second-order valence-electron chi connectivity index (χ2n) is 5.31. The number of morpholine rings is 1. The highest BCUT2D eigenvalue weighted by Gasteiger charge is 2.28. The van der Waals surface area contributed by atoms with E-state index in [-0.39, 0.29) is 11.5 Å². The van der Waals surface area contributed by atoms with Crippen LogP contribution in [0.4, 0.5) is 0 Å². The van der Waals surface area contributed by atoms with Crippen LogP contribution in [0.25, 0.3) is 0 Å². The van der Waals surface area contributed by atoms with Gasteiger partial charge in [-0.05, 0) is 6.92 Å². The summed E-state index contributed by atoms with van der Waals surface area (Å²) in [5.41, 5.74) is 0.795. The summed E-state index contributed by atoms with van der Waals surface area (Å²) in [5, 5.41) is 0. The third-order valence-corrected chi connectivity index (χ3v) is 3.47. The topological polar surface area (TPSA) is 93.1 Å². The number of aryl methyl sites for hydroxylation is 2. The van der Waals surface area contributed by atoms with E-state index in [1.54, 1.807) is 28.9 Å². The summed E-state index contributed by atoms with van der Waals surface area (Å²) >= 11 is 0. The lowest BCUT2D eigenvalue weighted by Gasteiger charge is -2.32. The van der Waals surface area contributed by atoms with Crippen molar-refractivity contribution in [2.75, 3.05) is 19.7 Å². The molecule has 2 aromatic heterocycles. The summed E-state index contributed by atoms with van der Waals surface area (Å²) in [7, 11) is 1.81. The normalized spacial score (nSPS) is 18.5. The number of H-pyrrole nitrogens is 1. The van der Waals surface area contributed by atoms with Crippen LogP contribution >= 0.6 is 0 Å². The van der Waals surface area contributed by atoms with Gasteiger partial charge in [0.1, 0.15) is 17.6 Å². The Morgan fingerprint density at radius 2 is 2.32 bits per heavy atom. The Kier molecular flexibility index (Phi) is 3.76. The molecule has 1 amide bonds. The molecule has 116 valence electrons. The molecule has 1 saturated heterocycles. The second-order valence-corrected chi connectivity index (χ2v) is 5.31. The van der Waals surface area contributed by atoms with Gasteiger partial charge < -0.3 is 19.2 Å². The Hall–Kier alpha value is -2.48. The van der Waals surface area contributed by atoms with E-state index in [1.165, 1.54) is 6.07 Å². The van der Waals surface area contributed by atoms with Gasteiger partial charge >= 0.3 is 0 Å². The number of carbonyl (C=O) groups is 1. The van der Waals surface area contributed by atoms with Gasteiger partial charge in [0.25, 0.3) is 11.5 Å². The van der Waals surface area contributed by atoms with Crippen LogP contribution in [-0.4, -0.2) is 50.0 Å². The van der Waals surface area contributed by atoms with Crippen molar-refractivity contribution in [3.63, 3.8) is 0 Å². The molecule has 0 aliphatic carbocycles. The molecule has 1 N–H and O–H groups in total. The fraction of sp³-hybridized carbons (Fsp3) is 0.429. The van der Waals surface area contributed by atoms with Crippen molar-refractivity contribution in [3.05, 3.63) is 46.2 Å². The van der Waals surface area contributed by atoms with Gasteiger partial charge in [0.05, 0.1) is 19.5 Å². The quantitative estimate of drug-likeness (QED) is 0.844. The number of carbonyl (C=O) groups excluding carboxylic acids is 1. The zero-order valence-corrected chi connectivity index (χ0v) is 12.4. The predicted molar refractivity (Wildman–Crippen MR) is 77.4 cm³/mol. The number of rotatable bonds is 2. The van der Waals surface area contributed by atoms with Gasteiger partial charge in [0.2, 0.25) is 0 Å². The van der Waals surface area contributed by atoms with E-state index in [2.05, 4.69) is 15.0 Å². The first-order valence-electron chi connectivity index (χ1n) is 6.99. The summed E-state index contributed by atoms with van der Waals surface area (Å²) in [5.74, 6) is 0.299. The molecule has 8 heteroatoms. The van der Waals surface area contributed by atoms with Gasteiger partial charge in [0, 0.05) is 31.5 Å². The van der Waals surface area contributed by atoms with E-state index in [4.69, 9.17) is 4.74 Å². The van der Waals surface area contributed by atoms with Crippen molar-refractivity contribution in [2.24, 2.45) is 7.05 Å². The molecule has 22 heavy (non-hydrogen) atoms. The van der Waals surface area contributed by atoms with Gasteiger partial charge in [-0.15, -0.1) is 0 Å². The second kappa shape index (κ2) is 5.72. The number of aromatic amines is 1. The van der Waals surface area contributed by atoms with E-state index in [0.717, 1.165) is 0 Å². The summed E-state index contributed by atoms with van der Waals surface area (Å²) in [6.07, 6.45) is 2.83. The molecular formula is C14H17N5O3. The molecule has 2 aromatic rings. The maximum Gasteiger partial charge on any atom is 0.274 e. The minimum absolute atomic E-state index is 0.149. The van der Waals surface area contributed by atoms with Crippen molar-refractivity contribution < 1.29 is 9.53 Å². The molecule has 0 saturated carbocycles. The summed E-state index contributed by atoms with van der Waals surface area (Å²) in [6.45, 7) is 2.96. The number of imidazole rings is 1. The van der Waals surface area contributed by atoms with Crippen LogP contribution in [0.2, 0.25) is 0 Å². The van der Waals surface area contributed by atoms with Crippen molar-refractivity contribution in [1.82, 2.24) is 24.4 Å². The first kappa shape index (κ1) is 14.5. The largest absolute Gasteiger partial charge is 0.367 e. The average Bonchev–Trinajstić information content (AvgIpc) is 2.92. The Bertz CT molecular complexity index is 751. The lowest BCUT2D eigenvalue weighted by molar-refractivity contribution is -0.0271. The van der Waals surface area contributed by atoms with Crippen LogP contribution < -0.4 is 5.56 Å². The molecule has 1 aliphatic heterocycles. The summed E-state index contributed by atoms with van der Waals surface area (Å²) < 4.78 is 7.37. The van der Waals surface area contributed by atoms with E-state index in [1.807, 2.05) is 7.05 Å². The van der Waals surface area contributed by atoms with Crippen LogP contribution in [0.3, 0.4) is 0 Å². The molecule has 1 aliphatic rings. The number of nitrogens with one attached hydrogen (secondary N) is 1. The molecule has 1 fully saturated rings. The van der Waals surface area contributed by atoms with Crippen molar-refractivity contribution in [2.45, 2.75) is 13.0 Å². The maximum atomic E-state index is 12.4. The van der Waals surface area contributed by atoms with Crippen molar-refractivity contribution in [1.29, 1.82) is 0 Å². The summed E-state index contributed by atoms with van der Waals surface area (Å²) in [4.78, 5) is 36.7. The van der Waals surface area contributed by atoms with E-state index in [9.17, 15) is 9.59 Å².